The van der Waals surface area contributed by atoms with Gasteiger partial charge in [-0.15, -0.1) is 0 Å². The van der Waals surface area contributed by atoms with Crippen LogP contribution in [0.5, 0.6) is 0 Å². The van der Waals surface area contributed by atoms with E-state index in [0.29, 0.717) is 22.7 Å². The third-order valence-corrected chi connectivity index (χ3v) is 9.58. The standard InChI is InChI=1S/C32H43N7O3/c1-35-17-19-37(20-18-35)26(28(33)40)21-22-13-15-23(16-14-22)29-34-27-30(36(29)2)38(24-9-5-3-6-10-24)32(42)39(31(27)41)25-11-7-4-8-12-25/h13-16,21,24-25H,3-12,17-20H2,1-2H3,(H2,33,40)/b26-21+. The Morgan fingerprint density at radius 2 is 1.40 bits per heavy atom. The van der Waals surface area contributed by atoms with Crippen molar-refractivity contribution in [1.82, 2.24) is 28.5 Å². The first-order chi connectivity index (χ1) is 20.3. The van der Waals surface area contributed by atoms with Gasteiger partial charge < -0.3 is 20.1 Å². The lowest BCUT2D eigenvalue weighted by Gasteiger charge is -2.34. The summed E-state index contributed by atoms with van der Waals surface area (Å²) in [4.78, 5) is 49.5. The Hall–Kier alpha value is -3.66. The Morgan fingerprint density at radius 1 is 0.833 bits per heavy atom. The fraction of sp³-hybridized carbons (Fsp3) is 0.562. The number of hydrogen-bond donors (Lipinski definition) is 1. The van der Waals surface area contributed by atoms with Crippen molar-refractivity contribution >= 4 is 23.1 Å². The minimum Gasteiger partial charge on any atom is -0.365 e. The van der Waals surface area contributed by atoms with Crippen molar-refractivity contribution in [3.63, 3.8) is 0 Å². The summed E-state index contributed by atoms with van der Waals surface area (Å²) in [6, 6.07) is 7.82. The molecule has 1 aromatic carbocycles. The van der Waals surface area contributed by atoms with Gasteiger partial charge in [-0.3, -0.25) is 18.7 Å². The molecule has 0 radical (unpaired) electrons. The molecule has 0 bridgehead atoms. The number of likely N-dealkylation sites (N-methyl/N-ethyl adjacent to an activating group) is 1. The normalized spacial score (nSPS) is 20.0. The minimum atomic E-state index is -0.436. The number of nitrogens with two attached hydrogens (primary N) is 1. The van der Waals surface area contributed by atoms with Gasteiger partial charge in [0.1, 0.15) is 11.5 Å². The van der Waals surface area contributed by atoms with E-state index in [1.807, 2.05) is 51.4 Å². The third-order valence-electron chi connectivity index (χ3n) is 9.58. The number of hydrogen-bond acceptors (Lipinski definition) is 6. The fourth-order valence-corrected chi connectivity index (χ4v) is 7.16. The Bertz CT molecular complexity index is 1590. The van der Waals surface area contributed by atoms with E-state index in [1.54, 1.807) is 0 Å². The highest BCUT2D eigenvalue weighted by molar-refractivity contribution is 5.96. The number of amides is 1. The number of rotatable bonds is 6. The second-order valence-electron chi connectivity index (χ2n) is 12.4. The van der Waals surface area contributed by atoms with Crippen LogP contribution in [0, 0.1) is 0 Å². The summed E-state index contributed by atoms with van der Waals surface area (Å²) in [7, 11) is 3.98. The van der Waals surface area contributed by atoms with Crippen LogP contribution < -0.4 is 17.0 Å². The van der Waals surface area contributed by atoms with E-state index >= 15 is 0 Å². The first kappa shape index (κ1) is 28.5. The van der Waals surface area contributed by atoms with E-state index in [9.17, 15) is 14.4 Å². The minimum absolute atomic E-state index is 0.0609. The number of primary amides is 1. The van der Waals surface area contributed by atoms with E-state index in [-0.39, 0.29) is 23.3 Å². The maximum absolute atomic E-state index is 14.1. The topological polar surface area (TPSA) is 111 Å². The molecule has 2 aromatic heterocycles. The smallest absolute Gasteiger partial charge is 0.333 e. The molecule has 2 saturated carbocycles. The molecule has 3 fully saturated rings. The van der Waals surface area contributed by atoms with Gasteiger partial charge in [-0.25, -0.2) is 9.78 Å². The molecule has 2 aliphatic carbocycles. The maximum Gasteiger partial charge on any atom is 0.333 e. The molecule has 1 amide bonds. The summed E-state index contributed by atoms with van der Waals surface area (Å²) in [5.74, 6) is 0.214. The summed E-state index contributed by atoms with van der Waals surface area (Å²) >= 11 is 0. The molecule has 3 aromatic rings. The van der Waals surface area contributed by atoms with Crippen LogP contribution in [0.4, 0.5) is 0 Å². The maximum atomic E-state index is 14.1. The van der Waals surface area contributed by atoms with E-state index in [4.69, 9.17) is 10.7 Å². The second kappa shape index (κ2) is 11.9. The van der Waals surface area contributed by atoms with E-state index in [0.717, 1.165) is 95.1 Å². The zero-order chi connectivity index (χ0) is 29.4. The molecular formula is C32H43N7O3. The van der Waals surface area contributed by atoms with Crippen molar-refractivity contribution in [2.45, 2.75) is 76.3 Å². The number of nitrogens with zero attached hydrogens (tertiary/aromatic N) is 6. The number of imidazole rings is 1. The number of piperazine rings is 1. The fourth-order valence-electron chi connectivity index (χ4n) is 7.16. The highest BCUT2D eigenvalue weighted by Gasteiger charge is 2.29. The van der Waals surface area contributed by atoms with Crippen molar-refractivity contribution in [2.75, 3.05) is 33.2 Å². The Labute approximate surface area is 246 Å². The summed E-state index contributed by atoms with van der Waals surface area (Å²) < 4.78 is 5.35. The van der Waals surface area contributed by atoms with Crippen LogP contribution in [-0.2, 0) is 11.8 Å². The lowest BCUT2D eigenvalue weighted by atomic mass is 9.94. The van der Waals surface area contributed by atoms with Gasteiger partial charge >= 0.3 is 5.69 Å². The number of aryl methyl sites for hydroxylation is 1. The zero-order valence-corrected chi connectivity index (χ0v) is 24.9. The van der Waals surface area contributed by atoms with E-state index in [2.05, 4.69) is 11.9 Å². The molecule has 6 rings (SSSR count). The van der Waals surface area contributed by atoms with Gasteiger partial charge in [0.15, 0.2) is 11.2 Å². The van der Waals surface area contributed by atoms with Crippen LogP contribution >= 0.6 is 0 Å². The molecule has 0 spiro atoms. The SMILES string of the molecule is CN1CCN(/C(=C/c2ccc(-c3nc4c(=O)n(C5CCCCC5)c(=O)n(C5CCCCC5)c4n3C)cc2)C(N)=O)CC1. The molecule has 1 aliphatic heterocycles. The van der Waals surface area contributed by atoms with Gasteiger partial charge in [0.25, 0.3) is 11.5 Å². The van der Waals surface area contributed by atoms with Gasteiger partial charge in [0.2, 0.25) is 0 Å². The highest BCUT2D eigenvalue weighted by atomic mass is 16.2. The molecule has 0 atom stereocenters. The predicted molar refractivity (Wildman–Crippen MR) is 165 cm³/mol. The molecule has 224 valence electrons. The number of aromatic nitrogens is 4. The summed E-state index contributed by atoms with van der Waals surface area (Å²) in [5, 5.41) is 0. The Kier molecular flexibility index (Phi) is 8.07. The quantitative estimate of drug-likeness (QED) is 0.451. The van der Waals surface area contributed by atoms with Crippen LogP contribution in [-0.4, -0.2) is 67.6 Å². The monoisotopic (exact) mass is 573 g/mol. The number of fused-ring (bicyclic) bond motifs is 1. The first-order valence-electron chi connectivity index (χ1n) is 15.6. The molecule has 1 saturated heterocycles. The average Bonchev–Trinajstić information content (AvgIpc) is 3.35. The zero-order valence-electron chi connectivity index (χ0n) is 24.9. The van der Waals surface area contributed by atoms with Gasteiger partial charge in [-0.05, 0) is 44.4 Å². The van der Waals surface area contributed by atoms with Crippen LogP contribution in [0.2, 0.25) is 0 Å². The Balaban J connectivity index is 1.41. The Morgan fingerprint density at radius 3 is 1.98 bits per heavy atom. The largest absolute Gasteiger partial charge is 0.365 e. The summed E-state index contributed by atoms with van der Waals surface area (Å²) in [5.41, 5.74) is 8.54. The molecule has 10 nitrogen and oxygen atoms in total. The molecular weight excluding hydrogens is 530 g/mol. The summed E-state index contributed by atoms with van der Waals surface area (Å²) in [6.07, 6.45) is 12.0. The number of carbonyl (C=O) groups excluding carboxylic acids is 1. The van der Waals surface area contributed by atoms with Gasteiger partial charge in [0, 0.05) is 50.9 Å². The van der Waals surface area contributed by atoms with E-state index in [1.165, 1.54) is 11.0 Å². The number of carbonyl (C=O) groups is 1. The van der Waals surface area contributed by atoms with Gasteiger partial charge in [-0.1, -0.05) is 62.8 Å². The second-order valence-corrected chi connectivity index (χ2v) is 12.4. The lowest BCUT2D eigenvalue weighted by Crippen LogP contribution is -2.46. The van der Waals surface area contributed by atoms with Crippen LogP contribution in [0.1, 0.15) is 81.9 Å². The van der Waals surface area contributed by atoms with Gasteiger partial charge in [-0.2, -0.15) is 0 Å². The van der Waals surface area contributed by atoms with Crippen molar-refractivity contribution in [2.24, 2.45) is 12.8 Å². The average molecular weight is 574 g/mol. The molecule has 0 unspecified atom stereocenters. The van der Waals surface area contributed by atoms with Crippen molar-refractivity contribution < 1.29 is 4.79 Å². The van der Waals surface area contributed by atoms with Crippen molar-refractivity contribution in [3.05, 3.63) is 56.4 Å². The summed E-state index contributed by atoms with van der Waals surface area (Å²) in [6.45, 7) is 3.27. The van der Waals surface area contributed by atoms with Crippen molar-refractivity contribution in [1.29, 1.82) is 0 Å². The highest BCUT2D eigenvalue weighted by Crippen LogP contribution is 2.32. The molecule has 2 N–H and O–H groups in total. The molecule has 3 heterocycles. The third kappa shape index (κ3) is 5.32. The van der Waals surface area contributed by atoms with Crippen LogP contribution in [0.15, 0.2) is 39.6 Å². The first-order valence-corrected chi connectivity index (χ1v) is 15.6. The lowest BCUT2D eigenvalue weighted by molar-refractivity contribution is -0.116. The number of benzene rings is 1. The molecule has 10 heteroatoms. The van der Waals surface area contributed by atoms with Crippen LogP contribution in [0.25, 0.3) is 28.6 Å². The molecule has 42 heavy (non-hydrogen) atoms. The predicted octanol–water partition coefficient (Wildman–Crippen LogP) is 3.65. The van der Waals surface area contributed by atoms with Crippen molar-refractivity contribution in [3.8, 4) is 11.4 Å². The van der Waals surface area contributed by atoms with Crippen LogP contribution in [0.3, 0.4) is 0 Å². The van der Waals surface area contributed by atoms with Gasteiger partial charge in [0.05, 0.1) is 0 Å². The molecule has 3 aliphatic rings. The van der Waals surface area contributed by atoms with E-state index < -0.39 is 5.91 Å².